The fraction of sp³-hybridized carbons (Fsp3) is 1.00. The number of hydrogen-bond donors (Lipinski definition) is 0. The van der Waals surface area contributed by atoms with Crippen molar-refractivity contribution >= 4 is 23.5 Å². The van der Waals surface area contributed by atoms with Gasteiger partial charge in [0, 0.05) is 10.5 Å². The highest BCUT2D eigenvalue weighted by molar-refractivity contribution is 8.22. The van der Waals surface area contributed by atoms with E-state index >= 15 is 0 Å². The number of thioether (sulfide) groups is 2. The molecule has 2 aliphatic carbocycles. The fourth-order valence-corrected chi connectivity index (χ4v) is 7.32. The molecule has 0 N–H and O–H groups in total. The van der Waals surface area contributed by atoms with E-state index in [1.54, 1.807) is 6.42 Å². The van der Waals surface area contributed by atoms with Gasteiger partial charge in [0.2, 0.25) is 0 Å². The molecule has 2 saturated carbocycles. The molecule has 3 aliphatic rings. The molecule has 0 radical (unpaired) electrons. The monoisotopic (exact) mass is 200 g/mol. The maximum atomic E-state index is 2.40. The van der Waals surface area contributed by atoms with Crippen LogP contribution in [0.2, 0.25) is 0 Å². The van der Waals surface area contributed by atoms with E-state index < -0.39 is 0 Å². The number of fused-ring (bicyclic) bond motifs is 5. The first-order valence-electron chi connectivity index (χ1n) is 5.01. The van der Waals surface area contributed by atoms with Crippen LogP contribution in [0.1, 0.15) is 33.1 Å². The van der Waals surface area contributed by atoms with Gasteiger partial charge >= 0.3 is 0 Å². The maximum absolute atomic E-state index is 2.40. The van der Waals surface area contributed by atoms with E-state index in [2.05, 4.69) is 37.4 Å². The van der Waals surface area contributed by atoms with Crippen LogP contribution in [0.5, 0.6) is 0 Å². The lowest BCUT2D eigenvalue weighted by atomic mass is 10.00. The summed E-state index contributed by atoms with van der Waals surface area (Å²) < 4.78 is 0.524. The van der Waals surface area contributed by atoms with Crippen molar-refractivity contribution in [2.75, 3.05) is 0 Å². The molecule has 0 aromatic heterocycles. The van der Waals surface area contributed by atoms with E-state index in [0.717, 1.165) is 22.3 Å². The first kappa shape index (κ1) is 8.05. The van der Waals surface area contributed by atoms with Gasteiger partial charge in [0.25, 0.3) is 0 Å². The van der Waals surface area contributed by atoms with Crippen molar-refractivity contribution in [3.05, 3.63) is 0 Å². The van der Waals surface area contributed by atoms with Crippen molar-refractivity contribution in [2.45, 2.75) is 47.7 Å². The van der Waals surface area contributed by atoms with Crippen molar-refractivity contribution in [2.24, 2.45) is 11.8 Å². The number of rotatable bonds is 0. The summed E-state index contributed by atoms with van der Waals surface area (Å²) in [6.07, 6.45) is 4.64. The van der Waals surface area contributed by atoms with Crippen LogP contribution in [0.15, 0.2) is 0 Å². The van der Waals surface area contributed by atoms with Gasteiger partial charge in [0.1, 0.15) is 0 Å². The summed E-state index contributed by atoms with van der Waals surface area (Å²) in [7, 11) is 0. The minimum atomic E-state index is 0.524. The summed E-state index contributed by atoms with van der Waals surface area (Å²) in [6.45, 7) is 4.81. The molecule has 0 aromatic rings. The smallest absolute Gasteiger partial charge is 0.0561 e. The van der Waals surface area contributed by atoms with Crippen LogP contribution in [-0.2, 0) is 0 Å². The molecular formula is C10H16S2. The van der Waals surface area contributed by atoms with E-state index in [1.165, 1.54) is 12.8 Å². The SMILES string of the molecule is CC1(C)S[C@@H]2[C@@H]3CC[C@@H](C3)[C@@H]2S1. The molecule has 0 nitrogen and oxygen atoms in total. The zero-order valence-electron chi connectivity index (χ0n) is 7.75. The normalized spacial score (nSPS) is 54.5. The molecule has 1 saturated heterocycles. The topological polar surface area (TPSA) is 0 Å². The molecule has 12 heavy (non-hydrogen) atoms. The van der Waals surface area contributed by atoms with Gasteiger partial charge in [-0.15, -0.1) is 23.5 Å². The first-order chi connectivity index (χ1) is 5.66. The average molecular weight is 200 g/mol. The maximum Gasteiger partial charge on any atom is 0.0561 e. The molecule has 68 valence electrons. The molecule has 0 aromatic carbocycles. The average Bonchev–Trinajstić information content (AvgIpc) is 2.54. The van der Waals surface area contributed by atoms with E-state index in [1.807, 2.05) is 0 Å². The largest absolute Gasteiger partial charge is 0.140 e. The molecule has 0 unspecified atom stereocenters. The Labute approximate surface area is 83.3 Å². The van der Waals surface area contributed by atoms with Gasteiger partial charge in [0.05, 0.1) is 4.08 Å². The highest BCUT2D eigenvalue weighted by Gasteiger charge is 2.55. The Kier molecular flexibility index (Phi) is 1.60. The van der Waals surface area contributed by atoms with Crippen LogP contribution in [0.3, 0.4) is 0 Å². The van der Waals surface area contributed by atoms with Crippen molar-refractivity contribution < 1.29 is 0 Å². The Hall–Kier alpha value is 0.700. The molecule has 1 aliphatic heterocycles. The molecule has 1 heterocycles. The van der Waals surface area contributed by atoms with Crippen molar-refractivity contribution in [3.8, 4) is 0 Å². The lowest BCUT2D eigenvalue weighted by molar-refractivity contribution is 0.508. The second kappa shape index (κ2) is 2.38. The molecule has 0 amide bonds. The Balaban J connectivity index is 1.87. The van der Waals surface area contributed by atoms with Crippen LogP contribution in [0.25, 0.3) is 0 Å². The second-order valence-corrected chi connectivity index (χ2v) is 8.76. The van der Waals surface area contributed by atoms with Gasteiger partial charge in [-0.2, -0.15) is 0 Å². The highest BCUT2D eigenvalue weighted by Crippen LogP contribution is 2.65. The third-order valence-corrected chi connectivity index (χ3v) is 7.39. The minimum Gasteiger partial charge on any atom is -0.140 e. The Morgan fingerprint density at radius 1 is 1.00 bits per heavy atom. The van der Waals surface area contributed by atoms with Crippen LogP contribution in [0, 0.1) is 11.8 Å². The van der Waals surface area contributed by atoms with E-state index in [0.29, 0.717) is 4.08 Å². The Bertz CT molecular complexity index is 192. The van der Waals surface area contributed by atoms with Crippen LogP contribution >= 0.6 is 23.5 Å². The Morgan fingerprint density at radius 3 is 2.00 bits per heavy atom. The summed E-state index contributed by atoms with van der Waals surface area (Å²) in [5, 5.41) is 2.06. The molecule has 3 fully saturated rings. The van der Waals surface area contributed by atoms with Crippen LogP contribution < -0.4 is 0 Å². The highest BCUT2D eigenvalue weighted by atomic mass is 32.2. The van der Waals surface area contributed by atoms with Gasteiger partial charge < -0.3 is 0 Å². The van der Waals surface area contributed by atoms with Gasteiger partial charge in [-0.1, -0.05) is 0 Å². The predicted octanol–water partition coefficient (Wildman–Crippen LogP) is 3.37. The fourth-order valence-electron chi connectivity index (χ4n) is 3.20. The summed E-state index contributed by atoms with van der Waals surface area (Å²) in [6, 6.07) is 0. The zero-order chi connectivity index (χ0) is 8.34. The predicted molar refractivity (Wildman–Crippen MR) is 57.7 cm³/mol. The minimum absolute atomic E-state index is 0.524. The lowest BCUT2D eigenvalue weighted by Gasteiger charge is -2.21. The van der Waals surface area contributed by atoms with Gasteiger partial charge in [-0.3, -0.25) is 0 Å². The summed E-state index contributed by atoms with van der Waals surface area (Å²) in [4.78, 5) is 0. The summed E-state index contributed by atoms with van der Waals surface area (Å²) >= 11 is 4.53. The molecule has 4 atom stereocenters. The van der Waals surface area contributed by atoms with Crippen LogP contribution in [0.4, 0.5) is 0 Å². The molecule has 0 spiro atoms. The summed E-state index contributed by atoms with van der Waals surface area (Å²) in [5.74, 6) is 2.19. The third kappa shape index (κ3) is 1.00. The van der Waals surface area contributed by atoms with Crippen molar-refractivity contribution in [1.29, 1.82) is 0 Å². The first-order valence-corrected chi connectivity index (χ1v) is 6.77. The molecule has 2 bridgehead atoms. The van der Waals surface area contributed by atoms with E-state index in [4.69, 9.17) is 0 Å². The van der Waals surface area contributed by atoms with E-state index in [9.17, 15) is 0 Å². The van der Waals surface area contributed by atoms with Crippen LogP contribution in [-0.4, -0.2) is 14.6 Å². The zero-order valence-corrected chi connectivity index (χ0v) is 9.38. The van der Waals surface area contributed by atoms with Gasteiger partial charge in [-0.05, 0) is 44.9 Å². The van der Waals surface area contributed by atoms with Crippen molar-refractivity contribution in [3.63, 3.8) is 0 Å². The molecule has 3 rings (SSSR count). The van der Waals surface area contributed by atoms with Gasteiger partial charge in [0.15, 0.2) is 0 Å². The molecular weight excluding hydrogens is 184 g/mol. The number of hydrogen-bond acceptors (Lipinski definition) is 2. The molecule has 2 heteroatoms. The van der Waals surface area contributed by atoms with E-state index in [-0.39, 0.29) is 0 Å². The third-order valence-electron chi connectivity index (χ3n) is 3.61. The van der Waals surface area contributed by atoms with Gasteiger partial charge in [-0.25, -0.2) is 0 Å². The quantitative estimate of drug-likeness (QED) is 0.588. The lowest BCUT2D eigenvalue weighted by Crippen LogP contribution is -2.22. The Morgan fingerprint density at radius 2 is 1.50 bits per heavy atom. The second-order valence-electron chi connectivity index (χ2n) is 4.90. The summed E-state index contributed by atoms with van der Waals surface area (Å²) in [5.41, 5.74) is 0. The van der Waals surface area contributed by atoms with Crippen molar-refractivity contribution in [1.82, 2.24) is 0 Å². The standard InChI is InChI=1S/C10H16S2/c1-10(2)11-8-6-3-4-7(5-6)9(8)12-10/h6-9H,3-5H2,1-2H3/t6-,7+,8-,9+.